The van der Waals surface area contributed by atoms with Gasteiger partial charge in [0.2, 0.25) is 11.8 Å². The summed E-state index contributed by atoms with van der Waals surface area (Å²) in [6, 6.07) is 1.90. The molecule has 4 rings (SSSR count). The van der Waals surface area contributed by atoms with Gasteiger partial charge in [-0.05, 0) is 13.0 Å². The molecule has 4 heterocycles. The van der Waals surface area contributed by atoms with Crippen LogP contribution in [0.4, 0.5) is 5.95 Å². The van der Waals surface area contributed by atoms with E-state index in [2.05, 4.69) is 20.0 Å². The van der Waals surface area contributed by atoms with Gasteiger partial charge in [-0.3, -0.25) is 9.48 Å². The van der Waals surface area contributed by atoms with Crippen LogP contribution in [0.25, 0.3) is 0 Å². The zero-order valence-corrected chi connectivity index (χ0v) is 14.7. The van der Waals surface area contributed by atoms with E-state index >= 15 is 0 Å². The second kappa shape index (κ2) is 6.02. The molecule has 2 fully saturated rings. The number of amides is 1. The van der Waals surface area contributed by atoms with Crippen LogP contribution in [0.3, 0.4) is 0 Å². The summed E-state index contributed by atoms with van der Waals surface area (Å²) in [5.41, 5.74) is 1.51. The van der Waals surface area contributed by atoms with E-state index < -0.39 is 0 Å². The van der Waals surface area contributed by atoms with E-state index in [4.69, 9.17) is 4.74 Å². The molecule has 0 aromatic carbocycles. The molecule has 0 saturated carbocycles. The van der Waals surface area contributed by atoms with Crippen LogP contribution in [-0.4, -0.2) is 63.8 Å². The van der Waals surface area contributed by atoms with Gasteiger partial charge in [-0.25, -0.2) is 9.97 Å². The molecule has 25 heavy (non-hydrogen) atoms. The number of methoxy groups -OCH3 is 1. The second-order valence-electron chi connectivity index (χ2n) is 6.86. The summed E-state index contributed by atoms with van der Waals surface area (Å²) in [6.45, 7) is 5.27. The van der Waals surface area contributed by atoms with Gasteiger partial charge in [0.05, 0.1) is 7.11 Å². The Balaban J connectivity index is 1.45. The molecule has 0 radical (unpaired) electrons. The third-order valence-electron chi connectivity index (χ3n) is 5.06. The van der Waals surface area contributed by atoms with Gasteiger partial charge in [0.25, 0.3) is 5.91 Å². The highest BCUT2D eigenvalue weighted by Gasteiger charge is 2.43. The van der Waals surface area contributed by atoms with Crippen molar-refractivity contribution in [1.29, 1.82) is 0 Å². The first-order valence-corrected chi connectivity index (χ1v) is 8.46. The molecule has 1 amide bonds. The number of fused-ring (bicyclic) bond motifs is 1. The minimum atomic E-state index is -0.00212. The number of rotatable bonds is 3. The molecule has 2 atom stereocenters. The number of aromatic nitrogens is 4. The van der Waals surface area contributed by atoms with Crippen LogP contribution in [-0.2, 0) is 7.05 Å². The molecular weight excluding hydrogens is 320 g/mol. The van der Waals surface area contributed by atoms with Crippen LogP contribution < -0.4 is 9.64 Å². The van der Waals surface area contributed by atoms with Gasteiger partial charge >= 0.3 is 0 Å². The predicted octanol–water partition coefficient (Wildman–Crippen LogP) is 0.736. The second-order valence-corrected chi connectivity index (χ2v) is 6.86. The fourth-order valence-corrected chi connectivity index (χ4v) is 3.85. The number of nitrogens with zero attached hydrogens (tertiary/aromatic N) is 6. The molecule has 8 nitrogen and oxygen atoms in total. The van der Waals surface area contributed by atoms with Crippen molar-refractivity contribution in [2.24, 2.45) is 18.9 Å². The fourth-order valence-electron chi connectivity index (χ4n) is 3.85. The molecule has 2 aliphatic heterocycles. The third-order valence-corrected chi connectivity index (χ3v) is 5.06. The average Bonchev–Trinajstić information content (AvgIpc) is 3.26. The van der Waals surface area contributed by atoms with Crippen LogP contribution in [0, 0.1) is 18.8 Å². The van der Waals surface area contributed by atoms with Gasteiger partial charge in [0, 0.05) is 63.2 Å². The van der Waals surface area contributed by atoms with E-state index in [0.717, 1.165) is 37.8 Å². The average molecular weight is 342 g/mol. The summed E-state index contributed by atoms with van der Waals surface area (Å²) >= 11 is 0. The Hall–Kier alpha value is -2.64. The van der Waals surface area contributed by atoms with Crippen molar-refractivity contribution >= 4 is 11.9 Å². The van der Waals surface area contributed by atoms with Gasteiger partial charge in [0.15, 0.2) is 0 Å². The minimum Gasteiger partial charge on any atom is -0.479 e. The van der Waals surface area contributed by atoms with Crippen molar-refractivity contribution in [3.05, 3.63) is 29.7 Å². The summed E-state index contributed by atoms with van der Waals surface area (Å²) < 4.78 is 6.83. The Morgan fingerprint density at radius 2 is 1.96 bits per heavy atom. The Kier molecular flexibility index (Phi) is 3.82. The number of carbonyl (C=O) groups excluding carboxylic acids is 1. The Morgan fingerprint density at radius 3 is 2.60 bits per heavy atom. The maximum absolute atomic E-state index is 12.8. The highest BCUT2D eigenvalue weighted by Crippen LogP contribution is 2.34. The van der Waals surface area contributed by atoms with E-state index in [1.807, 2.05) is 17.9 Å². The maximum atomic E-state index is 12.8. The lowest BCUT2D eigenvalue weighted by atomic mass is 10.0. The SMILES string of the molecule is COc1nn(C)cc1C(=O)N1CC2CN(c3nccc(C)n3)CC2C1. The summed E-state index contributed by atoms with van der Waals surface area (Å²) in [7, 11) is 3.33. The van der Waals surface area contributed by atoms with Crippen molar-refractivity contribution in [2.45, 2.75) is 6.92 Å². The van der Waals surface area contributed by atoms with Gasteiger partial charge in [-0.15, -0.1) is 5.10 Å². The Labute approximate surface area is 146 Å². The monoisotopic (exact) mass is 342 g/mol. The van der Waals surface area contributed by atoms with E-state index in [1.54, 1.807) is 24.1 Å². The van der Waals surface area contributed by atoms with Gasteiger partial charge < -0.3 is 14.5 Å². The number of carbonyl (C=O) groups is 1. The van der Waals surface area contributed by atoms with Crippen LogP contribution in [0.1, 0.15) is 16.1 Å². The highest BCUT2D eigenvalue weighted by atomic mass is 16.5. The number of ether oxygens (including phenoxy) is 1. The predicted molar refractivity (Wildman–Crippen MR) is 91.6 cm³/mol. The fraction of sp³-hybridized carbons (Fsp3) is 0.529. The summed E-state index contributed by atoms with van der Waals surface area (Å²) in [5.74, 6) is 2.09. The minimum absolute atomic E-state index is 0.00212. The topological polar surface area (TPSA) is 76.4 Å². The normalized spacial score (nSPS) is 22.4. The number of hydrogen-bond acceptors (Lipinski definition) is 6. The van der Waals surface area contributed by atoms with E-state index in [9.17, 15) is 4.79 Å². The highest BCUT2D eigenvalue weighted by molar-refractivity contribution is 5.96. The van der Waals surface area contributed by atoms with Crippen molar-refractivity contribution in [2.75, 3.05) is 38.2 Å². The molecule has 2 aromatic rings. The van der Waals surface area contributed by atoms with Gasteiger partial charge in [0.1, 0.15) is 5.56 Å². The summed E-state index contributed by atoms with van der Waals surface area (Å²) in [4.78, 5) is 25.9. The van der Waals surface area contributed by atoms with Gasteiger partial charge in [-0.2, -0.15) is 0 Å². The standard InChI is InChI=1S/C17H22N6O2/c1-11-4-5-18-17(19-11)23-8-12-6-22(7-13(12)9-23)16(24)14-10-21(2)20-15(14)25-3/h4-5,10,12-13H,6-9H2,1-3H3. The van der Waals surface area contributed by atoms with Crippen molar-refractivity contribution < 1.29 is 9.53 Å². The number of likely N-dealkylation sites (tertiary alicyclic amines) is 1. The van der Waals surface area contributed by atoms with Crippen molar-refractivity contribution in [3.63, 3.8) is 0 Å². The zero-order valence-electron chi connectivity index (χ0n) is 14.7. The van der Waals surface area contributed by atoms with Crippen LogP contribution in [0.5, 0.6) is 5.88 Å². The first kappa shape index (κ1) is 15.9. The van der Waals surface area contributed by atoms with Crippen LogP contribution >= 0.6 is 0 Å². The molecule has 0 spiro atoms. The number of aryl methyl sites for hydroxylation is 2. The number of anilines is 1. The van der Waals surface area contributed by atoms with E-state index in [1.165, 1.54) is 7.11 Å². The van der Waals surface area contributed by atoms with Gasteiger partial charge in [-0.1, -0.05) is 0 Å². The molecule has 2 aromatic heterocycles. The Morgan fingerprint density at radius 1 is 1.24 bits per heavy atom. The lowest BCUT2D eigenvalue weighted by Crippen LogP contribution is -2.33. The lowest BCUT2D eigenvalue weighted by molar-refractivity contribution is 0.0779. The largest absolute Gasteiger partial charge is 0.479 e. The molecule has 132 valence electrons. The number of hydrogen-bond donors (Lipinski definition) is 0. The molecule has 2 saturated heterocycles. The molecule has 2 aliphatic rings. The van der Waals surface area contributed by atoms with Crippen LogP contribution in [0.15, 0.2) is 18.5 Å². The quantitative estimate of drug-likeness (QED) is 0.819. The van der Waals surface area contributed by atoms with Crippen molar-refractivity contribution in [1.82, 2.24) is 24.6 Å². The maximum Gasteiger partial charge on any atom is 0.260 e. The molecule has 0 N–H and O–H groups in total. The zero-order chi connectivity index (χ0) is 17.6. The summed E-state index contributed by atoms with van der Waals surface area (Å²) in [5, 5.41) is 4.18. The molecular formula is C17H22N6O2. The van der Waals surface area contributed by atoms with E-state index in [-0.39, 0.29) is 5.91 Å². The molecule has 0 aliphatic carbocycles. The Bertz CT molecular complexity index is 790. The molecule has 8 heteroatoms. The van der Waals surface area contributed by atoms with Crippen molar-refractivity contribution in [3.8, 4) is 5.88 Å². The third kappa shape index (κ3) is 2.81. The lowest BCUT2D eigenvalue weighted by Gasteiger charge is -2.21. The smallest absolute Gasteiger partial charge is 0.260 e. The van der Waals surface area contributed by atoms with E-state index in [0.29, 0.717) is 23.3 Å². The first-order valence-electron chi connectivity index (χ1n) is 8.46. The molecule has 2 unspecified atom stereocenters. The summed E-state index contributed by atoms with van der Waals surface area (Å²) in [6.07, 6.45) is 3.53. The van der Waals surface area contributed by atoms with Crippen LogP contribution in [0.2, 0.25) is 0 Å². The first-order chi connectivity index (χ1) is 12.0. The molecule has 0 bridgehead atoms.